The molecule has 1 aromatic heterocycles. The highest BCUT2D eigenvalue weighted by molar-refractivity contribution is 7.03. The largest absolute Gasteiger partial charge is 0.505 e. The molecule has 0 bridgehead atoms. The zero-order valence-corrected chi connectivity index (χ0v) is 8.46. The molecule has 0 radical (unpaired) electrons. The van der Waals surface area contributed by atoms with Gasteiger partial charge in [-0.05, 0) is 23.7 Å². The fraction of sp³-hybridized carbons (Fsp3) is 0.111. The number of anilines is 1. The maximum Gasteiger partial charge on any atom is 0.166 e. The Morgan fingerprint density at radius 1 is 1.47 bits per heavy atom. The fourth-order valence-corrected chi connectivity index (χ4v) is 1.52. The van der Waals surface area contributed by atoms with Gasteiger partial charge >= 0.3 is 0 Å². The van der Waals surface area contributed by atoms with Gasteiger partial charge in [0.2, 0.25) is 0 Å². The Kier molecular flexibility index (Phi) is 2.77. The van der Waals surface area contributed by atoms with Crippen LogP contribution < -0.4 is 5.32 Å². The van der Waals surface area contributed by atoms with Gasteiger partial charge in [-0.15, -0.1) is 5.10 Å². The maximum absolute atomic E-state index is 12.9. The van der Waals surface area contributed by atoms with Crippen LogP contribution in [0.15, 0.2) is 23.6 Å². The summed E-state index contributed by atoms with van der Waals surface area (Å²) < 4.78 is 16.6. The summed E-state index contributed by atoms with van der Waals surface area (Å²) in [6.45, 7) is 0.487. The second-order valence-electron chi connectivity index (χ2n) is 2.92. The molecule has 2 aromatic rings. The van der Waals surface area contributed by atoms with Gasteiger partial charge in [0.25, 0.3) is 0 Å². The predicted octanol–water partition coefficient (Wildman–Crippen LogP) is 1.99. The smallest absolute Gasteiger partial charge is 0.166 e. The molecular weight excluding hydrogens is 217 g/mol. The van der Waals surface area contributed by atoms with Crippen LogP contribution in [-0.4, -0.2) is 14.7 Å². The van der Waals surface area contributed by atoms with E-state index >= 15 is 0 Å². The van der Waals surface area contributed by atoms with E-state index in [4.69, 9.17) is 5.11 Å². The van der Waals surface area contributed by atoms with E-state index in [0.717, 1.165) is 5.69 Å². The standard InChI is InChI=1S/C9H8FN3OS/c10-8-3-6(1-2-9(8)14)11-4-7-5-15-13-12-7/h1-3,5,11,14H,4H2. The van der Waals surface area contributed by atoms with Crippen molar-refractivity contribution in [3.63, 3.8) is 0 Å². The Morgan fingerprint density at radius 3 is 3.00 bits per heavy atom. The van der Waals surface area contributed by atoms with Crippen LogP contribution in [0.1, 0.15) is 5.69 Å². The van der Waals surface area contributed by atoms with Crippen LogP contribution in [0.2, 0.25) is 0 Å². The van der Waals surface area contributed by atoms with Gasteiger partial charge in [0.1, 0.15) is 0 Å². The lowest BCUT2D eigenvalue weighted by molar-refractivity contribution is 0.432. The van der Waals surface area contributed by atoms with E-state index in [9.17, 15) is 4.39 Å². The van der Waals surface area contributed by atoms with Gasteiger partial charge in [-0.2, -0.15) is 0 Å². The Bertz CT molecular complexity index is 447. The number of aromatic hydroxyl groups is 1. The Balaban J connectivity index is 2.02. The molecule has 0 spiro atoms. The summed E-state index contributed by atoms with van der Waals surface area (Å²) in [7, 11) is 0. The fourth-order valence-electron chi connectivity index (χ4n) is 1.07. The van der Waals surface area contributed by atoms with Gasteiger partial charge in [-0.1, -0.05) is 4.49 Å². The number of nitrogens with zero attached hydrogens (tertiary/aromatic N) is 2. The number of aromatic nitrogens is 2. The molecule has 78 valence electrons. The van der Waals surface area contributed by atoms with E-state index in [-0.39, 0.29) is 5.75 Å². The lowest BCUT2D eigenvalue weighted by Gasteiger charge is -2.04. The highest BCUT2D eigenvalue weighted by Crippen LogP contribution is 2.19. The van der Waals surface area contributed by atoms with Crippen molar-refractivity contribution in [1.82, 2.24) is 9.59 Å². The Morgan fingerprint density at radius 2 is 2.33 bits per heavy atom. The van der Waals surface area contributed by atoms with Gasteiger partial charge in [0, 0.05) is 17.1 Å². The summed E-state index contributed by atoms with van der Waals surface area (Å²) in [6.07, 6.45) is 0. The molecule has 0 atom stereocenters. The molecule has 4 nitrogen and oxygen atoms in total. The highest BCUT2D eigenvalue weighted by atomic mass is 32.1. The number of phenolic OH excluding ortho intramolecular Hbond substituents is 1. The normalized spacial score (nSPS) is 10.2. The molecule has 0 saturated heterocycles. The molecule has 6 heteroatoms. The van der Waals surface area contributed by atoms with Crippen LogP contribution in [0.25, 0.3) is 0 Å². The third kappa shape index (κ3) is 2.41. The molecule has 0 aliphatic rings. The van der Waals surface area contributed by atoms with Crippen molar-refractivity contribution in [2.24, 2.45) is 0 Å². The van der Waals surface area contributed by atoms with Crippen molar-refractivity contribution in [3.8, 4) is 5.75 Å². The summed E-state index contributed by atoms with van der Waals surface area (Å²) in [6, 6.07) is 4.13. The van der Waals surface area contributed by atoms with Crippen LogP contribution in [0.4, 0.5) is 10.1 Å². The summed E-state index contributed by atoms with van der Waals surface area (Å²) in [5.41, 5.74) is 1.40. The van der Waals surface area contributed by atoms with E-state index < -0.39 is 5.82 Å². The van der Waals surface area contributed by atoms with Crippen LogP contribution >= 0.6 is 11.5 Å². The van der Waals surface area contributed by atoms with Crippen molar-refractivity contribution >= 4 is 17.2 Å². The molecule has 0 aliphatic heterocycles. The van der Waals surface area contributed by atoms with E-state index in [2.05, 4.69) is 14.9 Å². The molecular formula is C9H8FN3OS. The lowest BCUT2D eigenvalue weighted by atomic mass is 10.3. The molecule has 1 heterocycles. The highest BCUT2D eigenvalue weighted by Gasteiger charge is 2.01. The molecule has 2 N–H and O–H groups in total. The first kappa shape index (κ1) is 9.85. The van der Waals surface area contributed by atoms with Gasteiger partial charge in [-0.3, -0.25) is 0 Å². The van der Waals surface area contributed by atoms with Crippen molar-refractivity contribution in [3.05, 3.63) is 35.1 Å². The average Bonchev–Trinajstić information content (AvgIpc) is 2.73. The first-order valence-electron chi connectivity index (χ1n) is 4.24. The van der Waals surface area contributed by atoms with Gasteiger partial charge in [-0.25, -0.2) is 4.39 Å². The SMILES string of the molecule is Oc1ccc(NCc2csnn2)cc1F. The quantitative estimate of drug-likeness (QED) is 0.784. The zero-order chi connectivity index (χ0) is 10.7. The maximum atomic E-state index is 12.9. The average molecular weight is 225 g/mol. The number of hydrogen-bond acceptors (Lipinski definition) is 5. The van der Waals surface area contributed by atoms with E-state index in [1.165, 1.54) is 23.7 Å². The Hall–Kier alpha value is -1.69. The van der Waals surface area contributed by atoms with Gasteiger partial charge < -0.3 is 10.4 Å². The van der Waals surface area contributed by atoms with Crippen molar-refractivity contribution in [2.75, 3.05) is 5.32 Å². The predicted molar refractivity (Wildman–Crippen MR) is 55.3 cm³/mol. The van der Waals surface area contributed by atoms with Crippen LogP contribution in [0.5, 0.6) is 5.75 Å². The molecule has 0 aliphatic carbocycles. The monoisotopic (exact) mass is 225 g/mol. The first-order chi connectivity index (χ1) is 7.25. The van der Waals surface area contributed by atoms with E-state index in [0.29, 0.717) is 12.2 Å². The second kappa shape index (κ2) is 4.22. The zero-order valence-electron chi connectivity index (χ0n) is 7.64. The van der Waals surface area contributed by atoms with Crippen molar-refractivity contribution in [1.29, 1.82) is 0 Å². The number of benzene rings is 1. The van der Waals surface area contributed by atoms with Crippen LogP contribution in [0, 0.1) is 5.82 Å². The third-order valence-corrected chi connectivity index (χ3v) is 2.38. The van der Waals surface area contributed by atoms with Gasteiger partial charge in [0.05, 0.1) is 12.2 Å². The number of phenols is 1. The van der Waals surface area contributed by atoms with Crippen molar-refractivity contribution < 1.29 is 9.50 Å². The summed E-state index contributed by atoms with van der Waals surface area (Å²) in [4.78, 5) is 0. The molecule has 0 saturated carbocycles. The van der Waals surface area contributed by atoms with E-state index in [1.54, 1.807) is 6.07 Å². The van der Waals surface area contributed by atoms with Crippen LogP contribution in [0.3, 0.4) is 0 Å². The lowest BCUT2D eigenvalue weighted by Crippen LogP contribution is -1.99. The van der Waals surface area contributed by atoms with Crippen LogP contribution in [-0.2, 0) is 6.54 Å². The molecule has 0 fully saturated rings. The van der Waals surface area contributed by atoms with Crippen molar-refractivity contribution in [2.45, 2.75) is 6.54 Å². The minimum Gasteiger partial charge on any atom is -0.505 e. The number of hydrogen-bond donors (Lipinski definition) is 2. The molecule has 2 rings (SSSR count). The number of rotatable bonds is 3. The minimum atomic E-state index is -0.642. The second-order valence-corrected chi connectivity index (χ2v) is 3.53. The topological polar surface area (TPSA) is 58.0 Å². The third-order valence-electron chi connectivity index (χ3n) is 1.83. The molecule has 0 amide bonds. The Labute approximate surface area is 89.6 Å². The van der Waals surface area contributed by atoms with Gasteiger partial charge in [0.15, 0.2) is 11.6 Å². The minimum absolute atomic E-state index is 0.351. The number of halogens is 1. The van der Waals surface area contributed by atoms with E-state index in [1.807, 2.05) is 5.38 Å². The molecule has 15 heavy (non-hydrogen) atoms. The summed E-state index contributed by atoms with van der Waals surface area (Å²) >= 11 is 1.27. The molecule has 0 unspecified atom stereocenters. The molecule has 1 aromatic carbocycles. The summed E-state index contributed by atoms with van der Waals surface area (Å²) in [5.74, 6) is -0.993. The summed E-state index contributed by atoms with van der Waals surface area (Å²) in [5, 5.41) is 17.6. The number of nitrogens with one attached hydrogen (secondary N) is 1. The first-order valence-corrected chi connectivity index (χ1v) is 5.07.